The molecular formula is C13H16O5S. The van der Waals surface area contributed by atoms with Crippen LogP contribution < -0.4 is 0 Å². The molecule has 0 fully saturated rings. The molecule has 104 valence electrons. The lowest BCUT2D eigenvalue weighted by atomic mass is 10.2. The number of hydrogen-bond acceptors (Lipinski definition) is 4. The van der Waals surface area contributed by atoms with Crippen LogP contribution in [0, 0.1) is 6.92 Å². The molecule has 0 amide bonds. The topological polar surface area (TPSA) is 80.7 Å². The summed E-state index contributed by atoms with van der Waals surface area (Å²) in [4.78, 5) is 10.6. The van der Waals surface area contributed by atoms with E-state index in [-0.39, 0.29) is 23.5 Å². The van der Waals surface area contributed by atoms with Crippen molar-refractivity contribution in [3.8, 4) is 0 Å². The van der Waals surface area contributed by atoms with Crippen LogP contribution in [0.3, 0.4) is 0 Å². The van der Waals surface area contributed by atoms with Crippen molar-refractivity contribution in [1.29, 1.82) is 0 Å². The minimum Gasteiger partial charge on any atom is -0.478 e. The number of carboxylic acid groups (broad SMARTS) is 1. The molecule has 0 atom stereocenters. The molecule has 1 aromatic rings. The van der Waals surface area contributed by atoms with Gasteiger partial charge in [0.25, 0.3) is 10.1 Å². The van der Waals surface area contributed by atoms with Gasteiger partial charge in [-0.25, -0.2) is 4.79 Å². The molecule has 0 radical (unpaired) electrons. The molecule has 0 aliphatic rings. The predicted molar refractivity (Wildman–Crippen MR) is 70.3 cm³/mol. The Kier molecular flexibility index (Phi) is 5.26. The van der Waals surface area contributed by atoms with Gasteiger partial charge in [0.1, 0.15) is 0 Å². The summed E-state index contributed by atoms with van der Waals surface area (Å²) in [6.07, 6.45) is 1.65. The lowest BCUT2D eigenvalue weighted by molar-refractivity contribution is -0.132. The lowest BCUT2D eigenvalue weighted by Gasteiger charge is -2.04. The predicted octanol–water partition coefficient (Wildman–Crippen LogP) is 2.12. The van der Waals surface area contributed by atoms with Crippen molar-refractivity contribution in [2.75, 3.05) is 6.61 Å². The van der Waals surface area contributed by atoms with E-state index < -0.39 is 16.1 Å². The Labute approximate surface area is 112 Å². The van der Waals surface area contributed by atoms with Crippen LogP contribution in [0.15, 0.2) is 40.8 Å². The van der Waals surface area contributed by atoms with Crippen LogP contribution in [0.1, 0.15) is 18.9 Å². The second-order valence-electron chi connectivity index (χ2n) is 4.07. The number of carboxylic acids is 1. The maximum atomic E-state index is 11.8. The molecule has 0 spiro atoms. The van der Waals surface area contributed by atoms with Crippen molar-refractivity contribution in [3.05, 3.63) is 41.5 Å². The zero-order valence-corrected chi connectivity index (χ0v) is 11.6. The third kappa shape index (κ3) is 4.84. The molecule has 0 saturated heterocycles. The quantitative estimate of drug-likeness (QED) is 0.491. The normalized spacial score (nSPS) is 12.4. The molecule has 1 aromatic carbocycles. The van der Waals surface area contributed by atoms with E-state index in [2.05, 4.69) is 0 Å². The van der Waals surface area contributed by atoms with Crippen LogP contribution in [0.5, 0.6) is 0 Å². The summed E-state index contributed by atoms with van der Waals surface area (Å²) in [7, 11) is -3.77. The van der Waals surface area contributed by atoms with Crippen LogP contribution in [-0.2, 0) is 19.1 Å². The number of aliphatic carboxylic acids is 1. The zero-order chi connectivity index (χ0) is 14.5. The van der Waals surface area contributed by atoms with Gasteiger partial charge in [0.2, 0.25) is 0 Å². The summed E-state index contributed by atoms with van der Waals surface area (Å²) in [6.45, 7) is 3.22. The third-order valence-electron chi connectivity index (χ3n) is 2.45. The minimum atomic E-state index is -3.77. The fraction of sp³-hybridized carbons (Fsp3) is 0.308. The van der Waals surface area contributed by atoms with Crippen LogP contribution in [0.25, 0.3) is 0 Å². The first-order valence-electron chi connectivity index (χ1n) is 5.69. The van der Waals surface area contributed by atoms with Gasteiger partial charge < -0.3 is 5.11 Å². The number of rotatable bonds is 6. The van der Waals surface area contributed by atoms with Crippen LogP contribution in [0.2, 0.25) is 0 Å². The molecule has 1 rings (SSSR count). The molecule has 0 aliphatic carbocycles. The highest BCUT2D eigenvalue weighted by Crippen LogP contribution is 2.13. The van der Waals surface area contributed by atoms with E-state index in [1.54, 1.807) is 12.1 Å². The standard InChI is InChI=1S/C13H16O5S/c1-10-5-7-12(8-6-10)19(16,17)18-9-3-4-11(2)13(14)15/h4-8H,3,9H2,1-2H3,(H,14,15). The van der Waals surface area contributed by atoms with Gasteiger partial charge in [-0.3, -0.25) is 4.18 Å². The van der Waals surface area contributed by atoms with Gasteiger partial charge in [-0.05, 0) is 32.4 Å². The van der Waals surface area contributed by atoms with Gasteiger partial charge in [-0.2, -0.15) is 8.42 Å². The smallest absolute Gasteiger partial charge is 0.330 e. The maximum Gasteiger partial charge on any atom is 0.330 e. The van der Waals surface area contributed by atoms with Crippen LogP contribution >= 0.6 is 0 Å². The summed E-state index contributed by atoms with van der Waals surface area (Å²) >= 11 is 0. The molecule has 0 saturated carbocycles. The molecule has 0 unspecified atom stereocenters. The monoisotopic (exact) mass is 284 g/mol. The first-order valence-corrected chi connectivity index (χ1v) is 7.10. The number of hydrogen-bond donors (Lipinski definition) is 1. The van der Waals surface area contributed by atoms with E-state index in [9.17, 15) is 13.2 Å². The number of aryl methyl sites for hydroxylation is 1. The molecule has 0 bridgehead atoms. The van der Waals surface area contributed by atoms with E-state index in [1.165, 1.54) is 25.1 Å². The molecule has 0 heterocycles. The van der Waals surface area contributed by atoms with E-state index in [4.69, 9.17) is 9.29 Å². The van der Waals surface area contributed by atoms with Gasteiger partial charge in [0.05, 0.1) is 11.5 Å². The Hall–Kier alpha value is -1.66. The summed E-state index contributed by atoms with van der Waals surface area (Å²) in [6, 6.07) is 6.32. The number of carbonyl (C=O) groups is 1. The average molecular weight is 284 g/mol. The van der Waals surface area contributed by atoms with Gasteiger partial charge in [-0.1, -0.05) is 23.8 Å². The molecular weight excluding hydrogens is 268 g/mol. The van der Waals surface area contributed by atoms with Gasteiger partial charge in [0.15, 0.2) is 0 Å². The zero-order valence-electron chi connectivity index (χ0n) is 10.8. The first kappa shape index (κ1) is 15.4. The highest BCUT2D eigenvalue weighted by Gasteiger charge is 2.14. The Morgan fingerprint density at radius 1 is 1.32 bits per heavy atom. The van der Waals surface area contributed by atoms with Crippen molar-refractivity contribution in [1.82, 2.24) is 0 Å². The van der Waals surface area contributed by atoms with Gasteiger partial charge >= 0.3 is 5.97 Å². The highest BCUT2D eigenvalue weighted by atomic mass is 32.2. The Balaban J connectivity index is 2.59. The fourth-order valence-electron chi connectivity index (χ4n) is 1.29. The van der Waals surface area contributed by atoms with Crippen molar-refractivity contribution in [3.63, 3.8) is 0 Å². The second-order valence-corrected chi connectivity index (χ2v) is 5.69. The van der Waals surface area contributed by atoms with E-state index >= 15 is 0 Å². The SMILES string of the molecule is CC(=CCCOS(=O)(=O)c1ccc(C)cc1)C(=O)O. The Morgan fingerprint density at radius 3 is 2.42 bits per heavy atom. The molecule has 6 heteroatoms. The van der Waals surface area contributed by atoms with Crippen molar-refractivity contribution >= 4 is 16.1 Å². The fourth-order valence-corrected chi connectivity index (χ4v) is 2.21. The van der Waals surface area contributed by atoms with Crippen LogP contribution in [0.4, 0.5) is 0 Å². The summed E-state index contributed by atoms with van der Waals surface area (Å²) < 4.78 is 28.3. The lowest BCUT2D eigenvalue weighted by Crippen LogP contribution is -2.07. The highest BCUT2D eigenvalue weighted by molar-refractivity contribution is 7.86. The summed E-state index contributed by atoms with van der Waals surface area (Å²) in [5, 5.41) is 8.62. The summed E-state index contributed by atoms with van der Waals surface area (Å²) in [5.41, 5.74) is 1.12. The minimum absolute atomic E-state index is 0.0825. The largest absolute Gasteiger partial charge is 0.478 e. The van der Waals surface area contributed by atoms with Crippen molar-refractivity contribution in [2.45, 2.75) is 25.2 Å². The average Bonchev–Trinajstić information content (AvgIpc) is 2.34. The van der Waals surface area contributed by atoms with E-state index in [1.807, 2.05) is 6.92 Å². The Bertz CT molecular complexity index is 570. The summed E-state index contributed by atoms with van der Waals surface area (Å²) in [5.74, 6) is -1.03. The molecule has 0 aliphatic heterocycles. The molecule has 1 N–H and O–H groups in total. The number of benzene rings is 1. The third-order valence-corrected chi connectivity index (χ3v) is 3.78. The molecule has 5 nitrogen and oxygen atoms in total. The molecule has 19 heavy (non-hydrogen) atoms. The van der Waals surface area contributed by atoms with Crippen LogP contribution in [-0.4, -0.2) is 26.1 Å². The van der Waals surface area contributed by atoms with Crippen molar-refractivity contribution in [2.24, 2.45) is 0 Å². The Morgan fingerprint density at radius 2 is 1.89 bits per heavy atom. The second kappa shape index (κ2) is 6.49. The molecule has 0 aromatic heterocycles. The maximum absolute atomic E-state index is 11.8. The van der Waals surface area contributed by atoms with Gasteiger partial charge in [-0.15, -0.1) is 0 Å². The van der Waals surface area contributed by atoms with Crippen molar-refractivity contribution < 1.29 is 22.5 Å². The van der Waals surface area contributed by atoms with Gasteiger partial charge in [0, 0.05) is 5.57 Å². The van der Waals surface area contributed by atoms with E-state index in [0.29, 0.717) is 0 Å². The van der Waals surface area contributed by atoms with E-state index in [0.717, 1.165) is 5.56 Å². The first-order chi connectivity index (χ1) is 8.83.